The normalized spacial score (nSPS) is 21.2. The summed E-state index contributed by atoms with van der Waals surface area (Å²) in [6.45, 7) is 5.48. The molecule has 3 aliphatic rings. The number of hydrogen-bond acceptors (Lipinski definition) is 8. The zero-order valence-corrected chi connectivity index (χ0v) is 29.0. The molecule has 14 heteroatoms. The number of benzene rings is 2. The molecule has 0 saturated heterocycles. The number of pyridine rings is 1. The van der Waals surface area contributed by atoms with Crippen molar-refractivity contribution in [1.82, 2.24) is 41.3 Å². The van der Waals surface area contributed by atoms with Crippen LogP contribution in [0.2, 0.25) is 0 Å². The molecule has 2 bridgehead atoms. The lowest BCUT2D eigenvalue weighted by atomic mass is 10.0. The standard InChI is InChI=1S/C37H42N8O6/c1-21-18-27(30-22(2)44-45(4)31(30)39-21)33(47)42-28-20-25-10-12-26(13-11-25)51-17-16-38-36(50)37(14-15-37)43-35(49)29(19-24-8-6-5-7-9-24)41-32(46)23(3)40-34(28)48/h5-13,18,23,28-29H,14-17,19-20H2,1-4H3,(H,38,50)(H,40,48)(H,41,46)(H,42,47)(H,43,49)/t23-,28-,29+/m0/s1. The first kappa shape index (κ1) is 35.1. The fourth-order valence-corrected chi connectivity index (χ4v) is 6.25. The number of hydrogen-bond donors (Lipinski definition) is 5. The van der Waals surface area contributed by atoms with E-state index in [4.69, 9.17) is 4.74 Å². The largest absolute Gasteiger partial charge is 0.492 e. The van der Waals surface area contributed by atoms with Gasteiger partial charge >= 0.3 is 0 Å². The second-order valence-electron chi connectivity index (χ2n) is 13.2. The van der Waals surface area contributed by atoms with Crippen molar-refractivity contribution in [2.24, 2.45) is 7.05 Å². The summed E-state index contributed by atoms with van der Waals surface area (Å²) in [5, 5.41) is 19.1. The summed E-state index contributed by atoms with van der Waals surface area (Å²) in [6, 6.07) is 14.7. The molecule has 2 aromatic carbocycles. The molecule has 5 amide bonds. The molecule has 266 valence electrons. The van der Waals surface area contributed by atoms with Gasteiger partial charge < -0.3 is 31.3 Å². The van der Waals surface area contributed by atoms with Crippen molar-refractivity contribution >= 4 is 40.6 Å². The highest BCUT2D eigenvalue weighted by Gasteiger charge is 2.51. The van der Waals surface area contributed by atoms with Gasteiger partial charge in [-0.3, -0.25) is 28.7 Å². The second kappa shape index (κ2) is 14.6. The number of carbonyl (C=O) groups is 5. The van der Waals surface area contributed by atoms with E-state index < -0.39 is 47.3 Å². The minimum atomic E-state index is -1.09. The monoisotopic (exact) mass is 694 g/mol. The predicted molar refractivity (Wildman–Crippen MR) is 188 cm³/mol. The third kappa shape index (κ3) is 8.00. The quantitative estimate of drug-likeness (QED) is 0.198. The van der Waals surface area contributed by atoms with E-state index in [1.807, 2.05) is 30.3 Å². The van der Waals surface area contributed by atoms with Crippen LogP contribution in [0.4, 0.5) is 0 Å². The smallest absolute Gasteiger partial charge is 0.252 e. The van der Waals surface area contributed by atoms with Crippen LogP contribution in [0.1, 0.15) is 52.6 Å². The Hall–Kier alpha value is -5.79. The van der Waals surface area contributed by atoms with Crippen molar-refractivity contribution in [3.63, 3.8) is 0 Å². The Bertz CT molecular complexity index is 1970. The number of ether oxygens (including phenoxy) is 1. The third-order valence-electron chi connectivity index (χ3n) is 9.20. The first-order chi connectivity index (χ1) is 24.4. The molecule has 2 aromatic heterocycles. The Kier molecular flexibility index (Phi) is 10.0. The van der Waals surface area contributed by atoms with Gasteiger partial charge in [0.05, 0.1) is 23.2 Å². The van der Waals surface area contributed by atoms with Crippen molar-refractivity contribution in [3.8, 4) is 5.75 Å². The van der Waals surface area contributed by atoms with Gasteiger partial charge in [0.25, 0.3) is 5.91 Å². The van der Waals surface area contributed by atoms with Gasteiger partial charge in [-0.25, -0.2) is 4.98 Å². The van der Waals surface area contributed by atoms with E-state index in [0.29, 0.717) is 46.6 Å². The van der Waals surface area contributed by atoms with Crippen LogP contribution in [0.3, 0.4) is 0 Å². The van der Waals surface area contributed by atoms with E-state index >= 15 is 0 Å². The minimum Gasteiger partial charge on any atom is -0.492 e. The molecular weight excluding hydrogens is 652 g/mol. The maximum atomic E-state index is 13.9. The van der Waals surface area contributed by atoms with E-state index in [1.165, 1.54) is 6.92 Å². The molecule has 1 saturated carbocycles. The number of aryl methyl sites for hydroxylation is 3. The SMILES string of the molecule is Cc1cc(C(=O)N[C@H]2Cc3ccc(cc3)OCCNC(=O)C3(CC3)NC(=O)[C@@H](Cc3ccccc3)NC(=O)[C@H](C)NC2=O)c2c(C)nn(C)c2n1. The summed E-state index contributed by atoms with van der Waals surface area (Å²) in [6.07, 6.45) is 1.18. The van der Waals surface area contributed by atoms with Crippen molar-refractivity contribution < 1.29 is 28.7 Å². The van der Waals surface area contributed by atoms with E-state index in [2.05, 4.69) is 36.7 Å². The van der Waals surface area contributed by atoms with E-state index in [1.54, 1.807) is 55.9 Å². The molecular formula is C37H42N8O6. The zero-order valence-electron chi connectivity index (χ0n) is 29.0. The molecule has 5 N–H and O–H groups in total. The Morgan fingerprint density at radius 1 is 0.980 bits per heavy atom. The highest BCUT2D eigenvalue weighted by molar-refractivity contribution is 6.08. The summed E-state index contributed by atoms with van der Waals surface area (Å²) >= 11 is 0. The number of aromatic nitrogens is 3. The Balaban J connectivity index is 1.28. The maximum absolute atomic E-state index is 13.9. The number of nitrogens with one attached hydrogen (secondary N) is 5. The fraction of sp³-hybridized carbons (Fsp3) is 0.378. The van der Waals surface area contributed by atoms with Crippen LogP contribution in [0.25, 0.3) is 11.0 Å². The van der Waals surface area contributed by atoms with Gasteiger partial charge in [0.15, 0.2) is 5.65 Å². The lowest BCUT2D eigenvalue weighted by Gasteiger charge is -2.25. The fourth-order valence-electron chi connectivity index (χ4n) is 6.25. The second-order valence-corrected chi connectivity index (χ2v) is 13.2. The average molecular weight is 695 g/mol. The van der Waals surface area contributed by atoms with Crippen molar-refractivity contribution in [2.75, 3.05) is 13.2 Å². The first-order valence-electron chi connectivity index (χ1n) is 17.0. The summed E-state index contributed by atoms with van der Waals surface area (Å²) in [5.74, 6) is -1.97. The molecule has 2 aliphatic heterocycles. The molecule has 0 radical (unpaired) electrons. The van der Waals surface area contributed by atoms with Crippen LogP contribution >= 0.6 is 0 Å². The third-order valence-corrected chi connectivity index (χ3v) is 9.20. The Labute approximate surface area is 295 Å². The number of nitrogens with zero attached hydrogens (tertiary/aromatic N) is 3. The van der Waals surface area contributed by atoms with E-state index in [9.17, 15) is 24.0 Å². The minimum absolute atomic E-state index is 0.0998. The highest BCUT2D eigenvalue weighted by Crippen LogP contribution is 2.35. The number of amides is 5. The molecule has 51 heavy (non-hydrogen) atoms. The van der Waals surface area contributed by atoms with Crippen molar-refractivity contribution in [1.29, 1.82) is 0 Å². The lowest BCUT2D eigenvalue weighted by molar-refractivity contribution is -0.134. The molecule has 4 heterocycles. The molecule has 1 spiro atoms. The molecule has 1 fully saturated rings. The molecule has 0 unspecified atom stereocenters. The van der Waals surface area contributed by atoms with Gasteiger partial charge in [0.1, 0.15) is 36.0 Å². The Morgan fingerprint density at radius 2 is 1.71 bits per heavy atom. The van der Waals surface area contributed by atoms with Gasteiger partial charge in [0, 0.05) is 25.6 Å². The molecule has 4 aromatic rings. The van der Waals surface area contributed by atoms with Gasteiger partial charge in [-0.1, -0.05) is 42.5 Å². The van der Waals surface area contributed by atoms with Gasteiger partial charge in [-0.2, -0.15) is 5.10 Å². The highest BCUT2D eigenvalue weighted by atomic mass is 16.5. The van der Waals surface area contributed by atoms with Crippen molar-refractivity contribution in [2.45, 2.75) is 70.1 Å². The predicted octanol–water partition coefficient (Wildman–Crippen LogP) is 1.32. The van der Waals surface area contributed by atoms with Crippen LogP contribution < -0.4 is 31.3 Å². The van der Waals surface area contributed by atoms with Gasteiger partial charge in [0.2, 0.25) is 23.6 Å². The van der Waals surface area contributed by atoms with Crippen LogP contribution in [-0.4, -0.2) is 81.1 Å². The maximum Gasteiger partial charge on any atom is 0.252 e. The van der Waals surface area contributed by atoms with E-state index in [0.717, 1.165) is 11.1 Å². The van der Waals surface area contributed by atoms with Gasteiger partial charge in [-0.05, 0) is 62.9 Å². The molecule has 3 atom stereocenters. The molecule has 14 nitrogen and oxygen atoms in total. The lowest BCUT2D eigenvalue weighted by Crippen LogP contribution is -2.59. The topological polar surface area (TPSA) is 185 Å². The van der Waals surface area contributed by atoms with Crippen LogP contribution in [0.15, 0.2) is 60.7 Å². The molecule has 7 rings (SSSR count). The Morgan fingerprint density at radius 3 is 2.41 bits per heavy atom. The van der Waals surface area contributed by atoms with Crippen LogP contribution in [0.5, 0.6) is 5.75 Å². The van der Waals surface area contributed by atoms with Crippen LogP contribution in [0, 0.1) is 13.8 Å². The molecule has 1 aliphatic carbocycles. The number of rotatable bonds is 4. The summed E-state index contributed by atoms with van der Waals surface area (Å²) in [5.41, 5.74) is 2.55. The summed E-state index contributed by atoms with van der Waals surface area (Å²) in [4.78, 5) is 72.7. The zero-order chi connectivity index (χ0) is 36.3. The summed E-state index contributed by atoms with van der Waals surface area (Å²) < 4.78 is 7.44. The average Bonchev–Trinajstić information content (AvgIpc) is 3.83. The van der Waals surface area contributed by atoms with E-state index in [-0.39, 0.29) is 31.9 Å². The number of carbonyl (C=O) groups excluding carboxylic acids is 5. The first-order valence-corrected chi connectivity index (χ1v) is 17.0. The van der Waals surface area contributed by atoms with Crippen LogP contribution in [-0.2, 0) is 39.1 Å². The van der Waals surface area contributed by atoms with Gasteiger partial charge in [-0.15, -0.1) is 0 Å². The summed E-state index contributed by atoms with van der Waals surface area (Å²) in [7, 11) is 1.75. The number of fused-ring (bicyclic) bond motifs is 16. The van der Waals surface area contributed by atoms with Crippen molar-refractivity contribution in [3.05, 3.63) is 88.7 Å².